The van der Waals surface area contributed by atoms with E-state index in [-0.39, 0.29) is 11.7 Å². The molecule has 0 aliphatic rings. The molecular formula is C21H14BrFN2OS. The summed E-state index contributed by atoms with van der Waals surface area (Å²) in [4.78, 5) is 13.5. The van der Waals surface area contributed by atoms with Crippen LogP contribution in [0.2, 0.25) is 0 Å². The topological polar surface area (TPSA) is 34.0 Å². The van der Waals surface area contributed by atoms with Crippen molar-refractivity contribution in [1.82, 2.24) is 4.57 Å². The van der Waals surface area contributed by atoms with Gasteiger partial charge in [0.2, 0.25) is 0 Å². The molecule has 4 aromatic rings. The molecule has 1 N–H and O–H groups in total. The molecule has 27 heavy (non-hydrogen) atoms. The van der Waals surface area contributed by atoms with Crippen molar-refractivity contribution in [3.63, 3.8) is 0 Å². The predicted octanol–water partition coefficient (Wildman–Crippen LogP) is 6.36. The minimum Gasteiger partial charge on any atom is -0.322 e. The summed E-state index contributed by atoms with van der Waals surface area (Å²) >= 11 is 4.76. The Hall–Kier alpha value is -2.70. The molecule has 0 saturated heterocycles. The smallest absolute Gasteiger partial charge is 0.267 e. The highest BCUT2D eigenvalue weighted by Crippen LogP contribution is 2.35. The van der Waals surface area contributed by atoms with Gasteiger partial charge in [-0.15, -0.1) is 11.3 Å². The van der Waals surface area contributed by atoms with E-state index >= 15 is 0 Å². The number of amides is 1. The van der Waals surface area contributed by atoms with Gasteiger partial charge in [0.15, 0.2) is 0 Å². The SMILES string of the molecule is O=C(Nc1ccc(Br)cc1)c1scc(-c2ccc(F)cc2)c1-n1cccc1. The first-order chi connectivity index (χ1) is 13.1. The van der Waals surface area contributed by atoms with E-state index in [0.29, 0.717) is 4.88 Å². The van der Waals surface area contributed by atoms with E-state index in [2.05, 4.69) is 21.2 Å². The molecule has 134 valence electrons. The fraction of sp³-hybridized carbons (Fsp3) is 0. The second-order valence-electron chi connectivity index (χ2n) is 5.89. The van der Waals surface area contributed by atoms with E-state index in [1.807, 2.05) is 58.7 Å². The Balaban J connectivity index is 1.75. The first-order valence-corrected chi connectivity index (χ1v) is 9.87. The minimum absolute atomic E-state index is 0.181. The zero-order valence-corrected chi connectivity index (χ0v) is 16.4. The van der Waals surface area contributed by atoms with Crippen LogP contribution in [0.25, 0.3) is 16.8 Å². The molecule has 2 heterocycles. The highest BCUT2D eigenvalue weighted by Gasteiger charge is 2.20. The summed E-state index contributed by atoms with van der Waals surface area (Å²) in [6.45, 7) is 0. The number of nitrogens with zero attached hydrogens (tertiary/aromatic N) is 1. The molecule has 1 amide bonds. The van der Waals surface area contributed by atoms with Crippen molar-refractivity contribution in [2.24, 2.45) is 0 Å². The molecule has 4 rings (SSSR count). The van der Waals surface area contributed by atoms with E-state index in [9.17, 15) is 9.18 Å². The van der Waals surface area contributed by atoms with Gasteiger partial charge in [-0.05, 0) is 54.1 Å². The van der Waals surface area contributed by atoms with Gasteiger partial charge in [-0.3, -0.25) is 4.79 Å². The molecule has 0 unspecified atom stereocenters. The normalized spacial score (nSPS) is 10.7. The Labute approximate surface area is 168 Å². The lowest BCUT2D eigenvalue weighted by molar-refractivity contribution is 0.103. The van der Waals surface area contributed by atoms with Crippen LogP contribution in [0.4, 0.5) is 10.1 Å². The van der Waals surface area contributed by atoms with Crippen LogP contribution in [0, 0.1) is 5.82 Å². The second-order valence-corrected chi connectivity index (χ2v) is 7.68. The van der Waals surface area contributed by atoms with Gasteiger partial charge in [0, 0.05) is 33.5 Å². The van der Waals surface area contributed by atoms with Gasteiger partial charge in [0.1, 0.15) is 10.7 Å². The van der Waals surface area contributed by atoms with E-state index in [4.69, 9.17) is 0 Å². The fourth-order valence-corrected chi connectivity index (χ4v) is 4.04. The molecule has 0 radical (unpaired) electrons. The summed E-state index contributed by atoms with van der Waals surface area (Å²) in [5, 5.41) is 4.87. The van der Waals surface area contributed by atoms with Crippen molar-refractivity contribution < 1.29 is 9.18 Å². The molecule has 0 saturated carbocycles. The molecule has 0 aliphatic heterocycles. The Bertz CT molecular complexity index is 1070. The average molecular weight is 441 g/mol. The molecule has 0 fully saturated rings. The van der Waals surface area contributed by atoms with Crippen molar-refractivity contribution in [1.29, 1.82) is 0 Å². The van der Waals surface area contributed by atoms with E-state index in [1.54, 1.807) is 12.1 Å². The molecule has 2 aromatic heterocycles. The van der Waals surface area contributed by atoms with Gasteiger partial charge in [0.25, 0.3) is 5.91 Å². The Morgan fingerprint density at radius 1 is 1.00 bits per heavy atom. The number of rotatable bonds is 4. The lowest BCUT2D eigenvalue weighted by Crippen LogP contribution is -2.12. The molecule has 0 aliphatic carbocycles. The van der Waals surface area contributed by atoms with Crippen LogP contribution in [0.1, 0.15) is 9.67 Å². The number of halogens is 2. The van der Waals surface area contributed by atoms with Gasteiger partial charge in [-0.2, -0.15) is 0 Å². The number of nitrogens with one attached hydrogen (secondary N) is 1. The number of hydrogen-bond donors (Lipinski definition) is 1. The average Bonchev–Trinajstić information content (AvgIpc) is 3.33. The van der Waals surface area contributed by atoms with Crippen LogP contribution in [-0.2, 0) is 0 Å². The molecular weight excluding hydrogens is 427 g/mol. The predicted molar refractivity (Wildman–Crippen MR) is 111 cm³/mol. The fourth-order valence-electron chi connectivity index (χ4n) is 2.81. The number of thiophene rings is 1. The number of carbonyl (C=O) groups excluding carboxylic acids is 1. The first kappa shape index (κ1) is 17.7. The summed E-state index contributed by atoms with van der Waals surface area (Å²) in [5.41, 5.74) is 3.25. The third-order valence-electron chi connectivity index (χ3n) is 4.09. The third kappa shape index (κ3) is 3.72. The molecule has 2 aromatic carbocycles. The molecule has 0 bridgehead atoms. The van der Waals surface area contributed by atoms with Gasteiger partial charge in [-0.25, -0.2) is 4.39 Å². The number of anilines is 1. The van der Waals surface area contributed by atoms with Crippen LogP contribution in [0.15, 0.2) is 82.9 Å². The maximum absolute atomic E-state index is 13.3. The maximum Gasteiger partial charge on any atom is 0.267 e. The lowest BCUT2D eigenvalue weighted by atomic mass is 10.1. The van der Waals surface area contributed by atoms with Crippen LogP contribution >= 0.6 is 27.3 Å². The highest BCUT2D eigenvalue weighted by atomic mass is 79.9. The van der Waals surface area contributed by atoms with Crippen LogP contribution in [0.3, 0.4) is 0 Å². The third-order valence-corrected chi connectivity index (χ3v) is 5.59. The summed E-state index contributed by atoms with van der Waals surface area (Å²) in [7, 11) is 0. The monoisotopic (exact) mass is 440 g/mol. The van der Waals surface area contributed by atoms with E-state index in [0.717, 1.165) is 27.0 Å². The molecule has 0 atom stereocenters. The highest BCUT2D eigenvalue weighted by molar-refractivity contribution is 9.10. The summed E-state index contributed by atoms with van der Waals surface area (Å²) in [6, 6.07) is 17.5. The van der Waals surface area contributed by atoms with Crippen molar-refractivity contribution in [2.75, 3.05) is 5.32 Å². The lowest BCUT2D eigenvalue weighted by Gasteiger charge is -2.10. The number of benzene rings is 2. The standard InChI is InChI=1S/C21H14BrFN2OS/c22-15-5-9-17(10-6-15)24-21(26)20-19(25-11-1-2-12-25)18(13-27-20)14-3-7-16(23)8-4-14/h1-13H,(H,24,26). The van der Waals surface area contributed by atoms with Crippen LogP contribution in [0.5, 0.6) is 0 Å². The van der Waals surface area contributed by atoms with Crippen molar-refractivity contribution in [2.45, 2.75) is 0 Å². The van der Waals surface area contributed by atoms with E-state index < -0.39 is 0 Å². The van der Waals surface area contributed by atoms with Gasteiger partial charge in [0.05, 0.1) is 5.69 Å². The Morgan fingerprint density at radius 2 is 1.67 bits per heavy atom. The summed E-state index contributed by atoms with van der Waals surface area (Å²) < 4.78 is 16.2. The first-order valence-electron chi connectivity index (χ1n) is 8.19. The van der Waals surface area contributed by atoms with Crippen molar-refractivity contribution >= 4 is 38.9 Å². The Kier molecular flexibility index (Phi) is 4.92. The van der Waals surface area contributed by atoms with Crippen LogP contribution < -0.4 is 5.32 Å². The quantitative estimate of drug-likeness (QED) is 0.393. The van der Waals surface area contributed by atoms with Crippen molar-refractivity contribution in [3.05, 3.63) is 93.6 Å². The summed E-state index contributed by atoms with van der Waals surface area (Å²) in [5.74, 6) is -0.468. The summed E-state index contributed by atoms with van der Waals surface area (Å²) in [6.07, 6.45) is 3.79. The van der Waals surface area contributed by atoms with Gasteiger partial charge < -0.3 is 9.88 Å². The maximum atomic E-state index is 13.3. The van der Waals surface area contributed by atoms with Gasteiger partial charge >= 0.3 is 0 Å². The second kappa shape index (κ2) is 7.50. The van der Waals surface area contributed by atoms with Crippen molar-refractivity contribution in [3.8, 4) is 16.8 Å². The molecule has 0 spiro atoms. The number of hydrogen-bond acceptors (Lipinski definition) is 2. The molecule has 3 nitrogen and oxygen atoms in total. The largest absolute Gasteiger partial charge is 0.322 e. The zero-order chi connectivity index (χ0) is 18.8. The minimum atomic E-state index is -0.287. The zero-order valence-electron chi connectivity index (χ0n) is 14.0. The Morgan fingerprint density at radius 3 is 2.33 bits per heavy atom. The molecule has 6 heteroatoms. The number of carbonyl (C=O) groups is 1. The van der Waals surface area contributed by atoms with Gasteiger partial charge in [-0.1, -0.05) is 28.1 Å². The number of aromatic nitrogens is 1. The van der Waals surface area contributed by atoms with E-state index in [1.165, 1.54) is 23.5 Å². The van der Waals surface area contributed by atoms with Crippen LogP contribution in [-0.4, -0.2) is 10.5 Å².